The zero-order valence-corrected chi connectivity index (χ0v) is 22.7. The summed E-state index contributed by atoms with van der Waals surface area (Å²) in [4.78, 5) is 19.8. The van der Waals surface area contributed by atoms with Gasteiger partial charge in [0.15, 0.2) is 0 Å². The van der Waals surface area contributed by atoms with Crippen molar-refractivity contribution in [2.24, 2.45) is 0 Å². The van der Waals surface area contributed by atoms with Crippen molar-refractivity contribution in [2.45, 2.75) is 24.8 Å². The lowest BCUT2D eigenvalue weighted by atomic mass is 9.73. The zero-order chi connectivity index (χ0) is 27.2. The quantitative estimate of drug-likeness (QED) is 0.257. The summed E-state index contributed by atoms with van der Waals surface area (Å²) in [5.41, 5.74) is 5.49. The highest BCUT2D eigenvalue weighted by Crippen LogP contribution is 2.49. The average molecular weight is 547 g/mol. The molecule has 1 saturated heterocycles. The molecule has 0 saturated carbocycles. The summed E-state index contributed by atoms with van der Waals surface area (Å²) in [6, 6.07) is 14.4. The van der Waals surface area contributed by atoms with Gasteiger partial charge in [0.2, 0.25) is 6.41 Å². The minimum Gasteiger partial charge on any atom is -0.316 e. The van der Waals surface area contributed by atoms with Gasteiger partial charge in [-0.25, -0.2) is 9.37 Å². The predicted molar refractivity (Wildman–Crippen MR) is 154 cm³/mol. The van der Waals surface area contributed by atoms with Gasteiger partial charge in [0, 0.05) is 42.3 Å². The van der Waals surface area contributed by atoms with Crippen molar-refractivity contribution >= 4 is 40.7 Å². The van der Waals surface area contributed by atoms with Crippen LogP contribution in [0, 0.1) is 5.82 Å². The molecule has 6 rings (SSSR count). The maximum atomic E-state index is 13.0. The van der Waals surface area contributed by atoms with Crippen molar-refractivity contribution in [2.75, 3.05) is 38.1 Å². The van der Waals surface area contributed by atoms with E-state index in [1.807, 2.05) is 48.5 Å². The molecule has 2 aliphatic rings. The number of H-pyrrole nitrogens is 1. The molecule has 0 atom stereocenters. The number of aromatic nitrogens is 3. The Morgan fingerprint density at radius 1 is 1.15 bits per heavy atom. The number of aromatic amines is 1. The number of hydrogen-bond acceptors (Lipinski definition) is 5. The summed E-state index contributed by atoms with van der Waals surface area (Å²) in [7, 11) is 1.90. The van der Waals surface area contributed by atoms with E-state index in [-0.39, 0.29) is 11.2 Å². The summed E-state index contributed by atoms with van der Waals surface area (Å²) >= 11 is 5.64. The van der Waals surface area contributed by atoms with Crippen LogP contribution in [0.4, 0.5) is 10.1 Å². The van der Waals surface area contributed by atoms with Crippen LogP contribution >= 0.6 is 11.6 Å². The van der Waals surface area contributed by atoms with Gasteiger partial charge in [0.25, 0.3) is 0 Å². The van der Waals surface area contributed by atoms with Crippen LogP contribution < -0.4 is 10.2 Å². The highest BCUT2D eigenvalue weighted by molar-refractivity contribution is 6.29. The molecule has 1 amide bonds. The molecule has 0 bridgehead atoms. The number of pyridine rings is 1. The Labute approximate surface area is 232 Å². The number of anilines is 1. The Kier molecular flexibility index (Phi) is 8.35. The number of halogens is 2. The van der Waals surface area contributed by atoms with Crippen LogP contribution in [0.1, 0.15) is 29.5 Å². The first-order valence-electron chi connectivity index (χ1n) is 13.1. The van der Waals surface area contributed by atoms with E-state index >= 15 is 0 Å². The van der Waals surface area contributed by atoms with Gasteiger partial charge in [-0.15, -0.1) is 0 Å². The van der Waals surface area contributed by atoms with Crippen molar-refractivity contribution in [3.05, 3.63) is 94.7 Å². The highest BCUT2D eigenvalue weighted by Gasteiger charge is 2.45. The van der Waals surface area contributed by atoms with Crippen LogP contribution in [0.25, 0.3) is 17.0 Å². The second-order valence-corrected chi connectivity index (χ2v) is 10.5. The number of benzene rings is 2. The molecule has 0 unspecified atom stereocenters. The molecule has 2 aromatic carbocycles. The number of hydrogen-bond donors (Lipinski definition) is 2. The molecule has 4 heterocycles. The number of piperidine rings is 1. The number of amides is 1. The number of rotatable bonds is 6. The Hall–Kier alpha value is -3.59. The van der Waals surface area contributed by atoms with Crippen molar-refractivity contribution in [3.63, 3.8) is 0 Å². The highest BCUT2D eigenvalue weighted by atomic mass is 35.5. The summed E-state index contributed by atoms with van der Waals surface area (Å²) in [5, 5.41) is 12.0. The SMILES string of the molecule is CNCc1ccnc(Cl)c1.O=CN1CC2(CCN(C/C=C/c3ccc(F)cc3)CC2)c2c1ccc1[nH]ncc21. The molecule has 2 aliphatic heterocycles. The van der Waals surface area contributed by atoms with E-state index in [1.54, 1.807) is 18.3 Å². The molecule has 39 heavy (non-hydrogen) atoms. The van der Waals surface area contributed by atoms with Crippen LogP contribution in [0.5, 0.6) is 0 Å². The van der Waals surface area contributed by atoms with Gasteiger partial charge in [-0.1, -0.05) is 35.9 Å². The maximum absolute atomic E-state index is 13.0. The van der Waals surface area contributed by atoms with Gasteiger partial charge >= 0.3 is 0 Å². The Morgan fingerprint density at radius 3 is 2.67 bits per heavy atom. The summed E-state index contributed by atoms with van der Waals surface area (Å²) in [5.74, 6) is -0.212. The molecule has 7 nitrogen and oxygen atoms in total. The largest absolute Gasteiger partial charge is 0.316 e. The van der Waals surface area contributed by atoms with Crippen molar-refractivity contribution in [3.8, 4) is 0 Å². The van der Waals surface area contributed by atoms with Crippen LogP contribution in [0.2, 0.25) is 5.15 Å². The standard InChI is InChI=1S/C23H23FN4O.C7H9ClN2/c24-18-5-3-17(4-6-18)2-1-11-27-12-9-23(10-13-27)15-28(16-29)21-8-7-20-19(22(21)23)14-25-26-20;1-9-5-6-2-3-10-7(8)4-6/h1-8,14,16H,9-13,15H2,(H,25,26);2-4,9H,5H2,1H3/b2-1+;. The van der Waals surface area contributed by atoms with Crippen molar-refractivity contribution < 1.29 is 9.18 Å². The van der Waals surface area contributed by atoms with Gasteiger partial charge < -0.3 is 10.2 Å². The van der Waals surface area contributed by atoms with Crippen molar-refractivity contribution in [1.82, 2.24) is 25.4 Å². The number of likely N-dealkylation sites (tertiary alicyclic amines) is 1. The monoisotopic (exact) mass is 546 g/mol. The summed E-state index contributed by atoms with van der Waals surface area (Å²) in [6.45, 7) is 4.41. The number of nitrogens with zero attached hydrogens (tertiary/aromatic N) is 4. The molecule has 4 aromatic rings. The number of carbonyl (C=O) groups excluding carboxylic acids is 1. The van der Waals surface area contributed by atoms with E-state index in [9.17, 15) is 9.18 Å². The maximum Gasteiger partial charge on any atom is 0.214 e. The summed E-state index contributed by atoms with van der Waals surface area (Å²) < 4.78 is 13.0. The van der Waals surface area contributed by atoms with Gasteiger partial charge in [-0.2, -0.15) is 5.10 Å². The zero-order valence-electron chi connectivity index (χ0n) is 21.9. The fourth-order valence-electron chi connectivity index (χ4n) is 5.63. The van der Waals surface area contributed by atoms with E-state index in [4.69, 9.17) is 11.6 Å². The van der Waals surface area contributed by atoms with Crippen LogP contribution in [0.3, 0.4) is 0 Å². The fourth-order valence-corrected chi connectivity index (χ4v) is 5.82. The first-order chi connectivity index (χ1) is 19.0. The lowest BCUT2D eigenvalue weighted by Gasteiger charge is -2.39. The molecular weight excluding hydrogens is 515 g/mol. The van der Waals surface area contributed by atoms with Crippen molar-refractivity contribution in [1.29, 1.82) is 0 Å². The Bertz CT molecular complexity index is 1450. The van der Waals surface area contributed by atoms with Crippen LogP contribution in [0.15, 0.2) is 67.0 Å². The lowest BCUT2D eigenvalue weighted by Crippen LogP contribution is -2.45. The van der Waals surface area contributed by atoms with Gasteiger partial charge in [-0.3, -0.25) is 14.8 Å². The number of nitrogens with one attached hydrogen (secondary N) is 2. The molecule has 2 aromatic heterocycles. The summed E-state index contributed by atoms with van der Waals surface area (Å²) in [6.07, 6.45) is 10.8. The average Bonchev–Trinajstić information content (AvgIpc) is 3.54. The topological polar surface area (TPSA) is 77.2 Å². The number of fused-ring (bicyclic) bond motifs is 4. The number of carbonyl (C=O) groups is 1. The molecule has 1 spiro atoms. The van der Waals surface area contributed by atoms with Gasteiger partial charge in [0.1, 0.15) is 11.0 Å². The lowest BCUT2D eigenvalue weighted by molar-refractivity contribution is -0.107. The predicted octanol–water partition coefficient (Wildman–Crippen LogP) is 5.18. The normalized spacial score (nSPS) is 16.4. The molecule has 2 N–H and O–H groups in total. The van der Waals surface area contributed by atoms with E-state index in [1.165, 1.54) is 17.7 Å². The van der Waals surface area contributed by atoms with Gasteiger partial charge in [0.05, 0.1) is 11.7 Å². The third kappa shape index (κ3) is 6.03. The third-order valence-corrected chi connectivity index (χ3v) is 7.78. The molecule has 0 aliphatic carbocycles. The molecule has 9 heteroatoms. The van der Waals surface area contributed by atoms with E-state index in [0.717, 1.165) is 79.7 Å². The second kappa shape index (κ2) is 12.1. The fraction of sp³-hybridized carbons (Fsp3) is 0.300. The smallest absolute Gasteiger partial charge is 0.214 e. The molecule has 0 radical (unpaired) electrons. The van der Waals surface area contributed by atoms with E-state index < -0.39 is 0 Å². The van der Waals surface area contributed by atoms with Crippen LogP contribution in [-0.4, -0.2) is 59.7 Å². The van der Waals surface area contributed by atoms with E-state index in [2.05, 4.69) is 31.5 Å². The molecular formula is C30H32ClFN6O. The minimum atomic E-state index is -0.212. The third-order valence-electron chi connectivity index (χ3n) is 7.57. The first-order valence-corrected chi connectivity index (χ1v) is 13.5. The molecule has 1 fully saturated rings. The minimum absolute atomic E-state index is 0.00318. The van der Waals surface area contributed by atoms with Crippen LogP contribution in [-0.2, 0) is 16.8 Å². The van der Waals surface area contributed by atoms with E-state index in [0.29, 0.717) is 5.15 Å². The molecule has 202 valence electrons. The Morgan fingerprint density at radius 2 is 1.95 bits per heavy atom. The Balaban J connectivity index is 0.000000261. The first kappa shape index (κ1) is 27.0. The second-order valence-electron chi connectivity index (χ2n) is 10.1. The van der Waals surface area contributed by atoms with Gasteiger partial charge in [-0.05, 0) is 86.1 Å².